The zero-order valence-corrected chi connectivity index (χ0v) is 15.2. The van der Waals surface area contributed by atoms with Crippen LogP contribution in [0.1, 0.15) is 5.56 Å². The average Bonchev–Trinajstić information content (AvgIpc) is 2.59. The van der Waals surface area contributed by atoms with Gasteiger partial charge in [0, 0.05) is 5.69 Å². The summed E-state index contributed by atoms with van der Waals surface area (Å²) in [6.07, 6.45) is 0.453. The minimum Gasteiger partial charge on any atom is -0.491 e. The van der Waals surface area contributed by atoms with Gasteiger partial charge in [0.05, 0.1) is 28.8 Å². The Morgan fingerprint density at radius 2 is 1.88 bits per heavy atom. The fourth-order valence-corrected chi connectivity index (χ4v) is 2.68. The Bertz CT molecular complexity index is 762. The van der Waals surface area contributed by atoms with Gasteiger partial charge < -0.3 is 24.7 Å². The highest BCUT2D eigenvalue weighted by molar-refractivity contribution is 6.39. The second kappa shape index (κ2) is 10.0. The minimum absolute atomic E-state index is 0.00900. The molecule has 0 bridgehead atoms. The van der Waals surface area contributed by atoms with Crippen LogP contribution in [0.25, 0.3) is 0 Å². The number of hydrogen-bond donors (Lipinski definition) is 2. The molecule has 0 saturated heterocycles. The molecule has 0 saturated carbocycles. The van der Waals surface area contributed by atoms with Crippen molar-refractivity contribution in [2.24, 2.45) is 0 Å². The van der Waals surface area contributed by atoms with Crippen molar-refractivity contribution >= 4 is 46.8 Å². The lowest BCUT2D eigenvalue weighted by molar-refractivity contribution is -0.136. The fraction of sp³-hybridized carbons (Fsp3) is 0.222. The van der Waals surface area contributed by atoms with Crippen LogP contribution in [0.4, 0.5) is 11.4 Å². The first-order valence-corrected chi connectivity index (χ1v) is 8.46. The van der Waals surface area contributed by atoms with Crippen molar-refractivity contribution in [3.8, 4) is 5.75 Å². The van der Waals surface area contributed by atoms with E-state index < -0.39 is 5.97 Å². The SMILES string of the molecule is O=CCOCCOc1ccc(Nc2c(Cl)cccc2Cl)c(CC(=O)O)c1. The summed E-state index contributed by atoms with van der Waals surface area (Å²) in [7, 11) is 0. The number of halogens is 2. The predicted octanol–water partition coefficient (Wildman–Crippen LogP) is 3.96. The summed E-state index contributed by atoms with van der Waals surface area (Å²) in [5, 5.41) is 13.1. The number of carbonyl (C=O) groups is 2. The number of nitrogens with one attached hydrogen (secondary N) is 1. The Hall–Kier alpha value is -2.28. The molecule has 0 aliphatic heterocycles. The molecule has 0 atom stereocenters. The summed E-state index contributed by atoms with van der Waals surface area (Å²) < 4.78 is 10.5. The lowest BCUT2D eigenvalue weighted by atomic mass is 10.1. The van der Waals surface area contributed by atoms with Crippen molar-refractivity contribution in [1.82, 2.24) is 0 Å². The van der Waals surface area contributed by atoms with Gasteiger partial charge in [-0.05, 0) is 35.9 Å². The third-order valence-electron chi connectivity index (χ3n) is 3.32. The van der Waals surface area contributed by atoms with E-state index in [4.69, 9.17) is 37.8 Å². The zero-order valence-electron chi connectivity index (χ0n) is 13.7. The quantitative estimate of drug-likeness (QED) is 0.466. The van der Waals surface area contributed by atoms with Crippen LogP contribution in [0.3, 0.4) is 0 Å². The molecular weight excluding hydrogens is 381 g/mol. The van der Waals surface area contributed by atoms with Crippen LogP contribution < -0.4 is 10.1 Å². The zero-order chi connectivity index (χ0) is 18.9. The maximum atomic E-state index is 11.2. The molecule has 0 spiro atoms. The van der Waals surface area contributed by atoms with Crippen LogP contribution in [0.5, 0.6) is 5.75 Å². The first kappa shape index (κ1) is 20.0. The number of aliphatic carboxylic acids is 1. The molecule has 0 unspecified atom stereocenters. The number of carboxylic acid groups (broad SMARTS) is 1. The molecule has 8 heteroatoms. The minimum atomic E-state index is -0.982. The number of aldehydes is 1. The van der Waals surface area contributed by atoms with Gasteiger partial charge in [-0.15, -0.1) is 0 Å². The van der Waals surface area contributed by atoms with Crippen LogP contribution in [-0.4, -0.2) is 37.2 Å². The molecule has 26 heavy (non-hydrogen) atoms. The first-order chi connectivity index (χ1) is 12.5. The van der Waals surface area contributed by atoms with Crippen molar-refractivity contribution < 1.29 is 24.2 Å². The summed E-state index contributed by atoms with van der Waals surface area (Å²) in [6.45, 7) is 0.501. The van der Waals surface area contributed by atoms with E-state index in [1.807, 2.05) is 0 Å². The van der Waals surface area contributed by atoms with Gasteiger partial charge in [0.1, 0.15) is 25.2 Å². The van der Waals surface area contributed by atoms with Crippen molar-refractivity contribution in [2.45, 2.75) is 6.42 Å². The van der Waals surface area contributed by atoms with Gasteiger partial charge in [-0.25, -0.2) is 0 Å². The van der Waals surface area contributed by atoms with E-state index in [0.717, 1.165) is 0 Å². The highest BCUT2D eigenvalue weighted by atomic mass is 35.5. The lowest BCUT2D eigenvalue weighted by Gasteiger charge is -2.15. The van der Waals surface area contributed by atoms with Gasteiger partial charge >= 0.3 is 5.97 Å². The molecule has 0 aliphatic carbocycles. The number of rotatable bonds is 10. The van der Waals surface area contributed by atoms with E-state index in [0.29, 0.717) is 39.0 Å². The van der Waals surface area contributed by atoms with E-state index in [1.54, 1.807) is 36.4 Å². The Morgan fingerprint density at radius 1 is 1.15 bits per heavy atom. The first-order valence-electron chi connectivity index (χ1n) is 7.71. The van der Waals surface area contributed by atoms with Gasteiger partial charge in [0.2, 0.25) is 0 Å². The standard InChI is InChI=1S/C18H17Cl2NO5/c19-14-2-1-3-15(20)18(14)21-16-5-4-13(10-12(16)11-17(23)24)26-9-8-25-7-6-22/h1-6,10,21H,7-9,11H2,(H,23,24). The molecule has 0 amide bonds. The highest BCUT2D eigenvalue weighted by Crippen LogP contribution is 2.34. The van der Waals surface area contributed by atoms with Gasteiger partial charge in [-0.2, -0.15) is 0 Å². The summed E-state index contributed by atoms with van der Waals surface area (Å²) in [4.78, 5) is 21.4. The molecular formula is C18H17Cl2NO5. The van der Waals surface area contributed by atoms with Gasteiger partial charge in [0.15, 0.2) is 0 Å². The topological polar surface area (TPSA) is 84.9 Å². The summed E-state index contributed by atoms with van der Waals surface area (Å²) in [5.74, 6) is -0.489. The molecule has 2 aromatic rings. The summed E-state index contributed by atoms with van der Waals surface area (Å²) in [5.41, 5.74) is 1.57. The van der Waals surface area contributed by atoms with Crippen LogP contribution in [-0.2, 0) is 20.7 Å². The van der Waals surface area contributed by atoms with E-state index in [-0.39, 0.29) is 26.2 Å². The molecule has 0 heterocycles. The smallest absolute Gasteiger partial charge is 0.307 e. The van der Waals surface area contributed by atoms with Gasteiger partial charge in [-0.1, -0.05) is 29.3 Å². The molecule has 0 aliphatic rings. The van der Waals surface area contributed by atoms with Crippen molar-refractivity contribution in [2.75, 3.05) is 25.1 Å². The number of carbonyl (C=O) groups excluding carboxylic acids is 1. The number of anilines is 2. The normalized spacial score (nSPS) is 10.4. The molecule has 138 valence electrons. The molecule has 0 aromatic heterocycles. The van der Waals surface area contributed by atoms with Crippen LogP contribution >= 0.6 is 23.2 Å². The molecule has 0 radical (unpaired) electrons. The maximum absolute atomic E-state index is 11.2. The van der Waals surface area contributed by atoms with E-state index in [9.17, 15) is 9.59 Å². The van der Waals surface area contributed by atoms with E-state index >= 15 is 0 Å². The van der Waals surface area contributed by atoms with Crippen molar-refractivity contribution in [3.05, 3.63) is 52.0 Å². The second-order valence-corrected chi connectivity index (χ2v) is 6.02. The third-order valence-corrected chi connectivity index (χ3v) is 3.95. The highest BCUT2D eigenvalue weighted by Gasteiger charge is 2.12. The third kappa shape index (κ3) is 5.91. The second-order valence-electron chi connectivity index (χ2n) is 5.20. The molecule has 0 fully saturated rings. The van der Waals surface area contributed by atoms with Crippen LogP contribution in [0.15, 0.2) is 36.4 Å². The molecule has 2 N–H and O–H groups in total. The largest absolute Gasteiger partial charge is 0.491 e. The monoisotopic (exact) mass is 397 g/mol. The number of ether oxygens (including phenoxy) is 2. The van der Waals surface area contributed by atoms with Crippen LogP contribution in [0, 0.1) is 0 Å². The number of para-hydroxylation sites is 1. The molecule has 2 aromatic carbocycles. The fourth-order valence-electron chi connectivity index (χ4n) is 2.19. The average molecular weight is 398 g/mol. The number of hydrogen-bond acceptors (Lipinski definition) is 5. The number of carboxylic acids is 1. The maximum Gasteiger partial charge on any atom is 0.307 e. The Morgan fingerprint density at radius 3 is 2.54 bits per heavy atom. The van der Waals surface area contributed by atoms with Crippen molar-refractivity contribution in [1.29, 1.82) is 0 Å². The Kier molecular flexibility index (Phi) is 7.72. The Balaban J connectivity index is 2.17. The Labute approximate surface area is 160 Å². The van der Waals surface area contributed by atoms with Gasteiger partial charge in [0.25, 0.3) is 0 Å². The van der Waals surface area contributed by atoms with E-state index in [2.05, 4.69) is 5.32 Å². The van der Waals surface area contributed by atoms with Crippen LogP contribution in [0.2, 0.25) is 10.0 Å². The molecule has 6 nitrogen and oxygen atoms in total. The predicted molar refractivity (Wildman–Crippen MR) is 99.9 cm³/mol. The lowest BCUT2D eigenvalue weighted by Crippen LogP contribution is -2.09. The summed E-state index contributed by atoms with van der Waals surface area (Å²) in [6, 6.07) is 10.1. The van der Waals surface area contributed by atoms with Gasteiger partial charge in [-0.3, -0.25) is 4.79 Å². The van der Waals surface area contributed by atoms with Crippen molar-refractivity contribution in [3.63, 3.8) is 0 Å². The van der Waals surface area contributed by atoms with E-state index in [1.165, 1.54) is 0 Å². The summed E-state index contributed by atoms with van der Waals surface area (Å²) >= 11 is 12.3. The molecule has 2 rings (SSSR count). The number of benzene rings is 2.